The molecule has 0 heterocycles. The highest BCUT2D eigenvalue weighted by molar-refractivity contribution is 9.10. The number of methoxy groups -OCH3 is 1. The molecule has 1 unspecified atom stereocenters. The minimum Gasteiger partial charge on any atom is -0.495 e. The van der Waals surface area contributed by atoms with Gasteiger partial charge in [-0.1, -0.05) is 56.8 Å². The van der Waals surface area contributed by atoms with Crippen LogP contribution in [0.4, 0.5) is 0 Å². The van der Waals surface area contributed by atoms with Crippen LogP contribution in [-0.2, 0) is 0 Å². The highest BCUT2D eigenvalue weighted by Crippen LogP contribution is 2.41. The van der Waals surface area contributed by atoms with Gasteiger partial charge in [-0.15, -0.1) is 11.6 Å². The summed E-state index contributed by atoms with van der Waals surface area (Å²) in [5, 5.41) is 1.14. The summed E-state index contributed by atoms with van der Waals surface area (Å²) >= 11 is 28.2. The van der Waals surface area contributed by atoms with E-state index in [9.17, 15) is 0 Å². The second-order valence-electron chi connectivity index (χ2n) is 4.04. The average molecular weight is 415 g/mol. The third-order valence-electron chi connectivity index (χ3n) is 2.78. The van der Waals surface area contributed by atoms with E-state index in [0.717, 1.165) is 10.0 Å². The first-order valence-corrected chi connectivity index (χ1v) is 7.92. The molecule has 0 saturated carbocycles. The molecule has 2 rings (SSSR count). The second-order valence-corrected chi connectivity index (χ2v) is 6.58. The molecular weight excluding hydrogens is 406 g/mol. The molecule has 6 heteroatoms. The van der Waals surface area contributed by atoms with Crippen LogP contribution >= 0.6 is 62.3 Å². The van der Waals surface area contributed by atoms with Gasteiger partial charge in [0.2, 0.25) is 0 Å². The Bertz CT molecular complexity index is 645. The zero-order valence-electron chi connectivity index (χ0n) is 10.3. The van der Waals surface area contributed by atoms with Gasteiger partial charge in [0.25, 0.3) is 0 Å². The van der Waals surface area contributed by atoms with E-state index in [4.69, 9.17) is 51.1 Å². The van der Waals surface area contributed by atoms with E-state index in [0.29, 0.717) is 26.4 Å². The van der Waals surface area contributed by atoms with E-state index in [2.05, 4.69) is 15.9 Å². The van der Waals surface area contributed by atoms with Crippen LogP contribution < -0.4 is 4.74 Å². The van der Waals surface area contributed by atoms with E-state index < -0.39 is 5.38 Å². The molecule has 106 valence electrons. The summed E-state index contributed by atoms with van der Waals surface area (Å²) in [6.07, 6.45) is 0. The van der Waals surface area contributed by atoms with Crippen molar-refractivity contribution in [2.75, 3.05) is 7.11 Å². The summed E-state index contributed by atoms with van der Waals surface area (Å²) in [6.45, 7) is 0. The number of halogens is 5. The third kappa shape index (κ3) is 3.37. The molecular formula is C14H9BrCl4O. The lowest BCUT2D eigenvalue weighted by Crippen LogP contribution is -1.97. The summed E-state index contributed by atoms with van der Waals surface area (Å²) < 4.78 is 5.93. The van der Waals surface area contributed by atoms with E-state index >= 15 is 0 Å². The lowest BCUT2D eigenvalue weighted by atomic mass is 10.0. The molecule has 1 atom stereocenters. The SMILES string of the molecule is COc1cc(Cl)c(C(Cl)c2ccc(Cl)cc2Br)cc1Cl. The van der Waals surface area contributed by atoms with Gasteiger partial charge in [-0.05, 0) is 29.3 Å². The van der Waals surface area contributed by atoms with E-state index in [1.165, 1.54) is 7.11 Å². The predicted octanol–water partition coefficient (Wildman–Crippen LogP) is 6.75. The molecule has 0 radical (unpaired) electrons. The van der Waals surface area contributed by atoms with Crippen molar-refractivity contribution in [2.45, 2.75) is 5.38 Å². The first kappa shape index (κ1) is 16.3. The fourth-order valence-electron chi connectivity index (χ4n) is 1.77. The van der Waals surface area contributed by atoms with Crippen molar-refractivity contribution in [1.82, 2.24) is 0 Å². The highest BCUT2D eigenvalue weighted by atomic mass is 79.9. The van der Waals surface area contributed by atoms with Crippen LogP contribution in [0.15, 0.2) is 34.8 Å². The largest absolute Gasteiger partial charge is 0.495 e. The van der Waals surface area contributed by atoms with Gasteiger partial charge in [-0.2, -0.15) is 0 Å². The summed E-state index contributed by atoms with van der Waals surface area (Å²) in [6, 6.07) is 8.76. The van der Waals surface area contributed by atoms with Crippen LogP contribution in [-0.4, -0.2) is 7.11 Å². The normalized spacial score (nSPS) is 12.3. The minimum absolute atomic E-state index is 0.447. The molecule has 0 bridgehead atoms. The summed E-state index contributed by atoms with van der Waals surface area (Å²) in [7, 11) is 1.53. The van der Waals surface area contributed by atoms with Crippen molar-refractivity contribution in [1.29, 1.82) is 0 Å². The van der Waals surface area contributed by atoms with Crippen LogP contribution in [0.2, 0.25) is 15.1 Å². The standard InChI is InChI=1S/C14H9BrCl4O/c1-20-13-6-11(17)9(5-12(13)18)14(19)8-3-2-7(16)4-10(8)15/h2-6,14H,1H3. The van der Waals surface area contributed by atoms with Crippen molar-refractivity contribution >= 4 is 62.3 Å². The van der Waals surface area contributed by atoms with E-state index in [1.807, 2.05) is 6.07 Å². The molecule has 0 N–H and O–H groups in total. The third-order valence-corrected chi connectivity index (χ3v) is 4.79. The molecule has 0 fully saturated rings. The maximum absolute atomic E-state index is 6.51. The Morgan fingerprint density at radius 1 is 1.00 bits per heavy atom. The van der Waals surface area contributed by atoms with Gasteiger partial charge in [-0.25, -0.2) is 0 Å². The van der Waals surface area contributed by atoms with Gasteiger partial charge >= 0.3 is 0 Å². The quantitative estimate of drug-likeness (QED) is 0.505. The van der Waals surface area contributed by atoms with Crippen LogP contribution in [0.5, 0.6) is 5.75 Å². The average Bonchev–Trinajstić information content (AvgIpc) is 2.40. The topological polar surface area (TPSA) is 9.23 Å². The number of alkyl halides is 1. The van der Waals surface area contributed by atoms with Crippen LogP contribution in [0.1, 0.15) is 16.5 Å². The Morgan fingerprint density at radius 3 is 2.30 bits per heavy atom. The summed E-state index contributed by atoms with van der Waals surface area (Å²) in [5.74, 6) is 0.513. The van der Waals surface area contributed by atoms with Gasteiger partial charge in [-0.3, -0.25) is 0 Å². The number of hydrogen-bond donors (Lipinski definition) is 0. The molecule has 0 amide bonds. The van der Waals surface area contributed by atoms with Crippen molar-refractivity contribution in [3.05, 3.63) is 61.0 Å². The predicted molar refractivity (Wildman–Crippen MR) is 89.9 cm³/mol. The van der Waals surface area contributed by atoms with Crippen molar-refractivity contribution < 1.29 is 4.74 Å². The first-order valence-electron chi connectivity index (χ1n) is 5.56. The zero-order valence-corrected chi connectivity index (χ0v) is 14.9. The molecule has 0 spiro atoms. The fourth-order valence-corrected chi connectivity index (χ4v) is 3.75. The monoisotopic (exact) mass is 412 g/mol. The van der Waals surface area contributed by atoms with E-state index in [1.54, 1.807) is 24.3 Å². The lowest BCUT2D eigenvalue weighted by molar-refractivity contribution is 0.415. The smallest absolute Gasteiger partial charge is 0.138 e. The number of hydrogen-bond acceptors (Lipinski definition) is 1. The Labute approximate surface area is 145 Å². The second kappa shape index (κ2) is 6.76. The molecule has 0 saturated heterocycles. The van der Waals surface area contributed by atoms with Gasteiger partial charge in [0, 0.05) is 20.6 Å². The van der Waals surface area contributed by atoms with Crippen LogP contribution in [0.25, 0.3) is 0 Å². The maximum Gasteiger partial charge on any atom is 0.138 e. The van der Waals surface area contributed by atoms with Gasteiger partial charge in [0.15, 0.2) is 0 Å². The number of benzene rings is 2. The van der Waals surface area contributed by atoms with Gasteiger partial charge in [0.1, 0.15) is 5.75 Å². The maximum atomic E-state index is 6.51. The molecule has 0 aliphatic carbocycles. The molecule has 0 aliphatic heterocycles. The van der Waals surface area contributed by atoms with Gasteiger partial charge < -0.3 is 4.74 Å². The number of ether oxygens (including phenoxy) is 1. The summed E-state index contributed by atoms with van der Waals surface area (Å²) in [5.41, 5.74) is 1.57. The Morgan fingerprint density at radius 2 is 1.70 bits per heavy atom. The molecule has 20 heavy (non-hydrogen) atoms. The Balaban J connectivity index is 2.48. The molecule has 2 aromatic carbocycles. The number of rotatable bonds is 3. The van der Waals surface area contributed by atoms with Gasteiger partial charge in [0.05, 0.1) is 17.5 Å². The van der Waals surface area contributed by atoms with Crippen LogP contribution in [0, 0.1) is 0 Å². The fraction of sp³-hybridized carbons (Fsp3) is 0.143. The molecule has 1 nitrogen and oxygen atoms in total. The molecule has 2 aromatic rings. The van der Waals surface area contributed by atoms with Crippen molar-refractivity contribution in [2.24, 2.45) is 0 Å². The van der Waals surface area contributed by atoms with E-state index in [-0.39, 0.29) is 0 Å². The lowest BCUT2D eigenvalue weighted by Gasteiger charge is -2.16. The first-order chi connectivity index (χ1) is 9.43. The minimum atomic E-state index is -0.447. The Hall–Kier alpha value is -0.120. The zero-order chi connectivity index (χ0) is 14.9. The van der Waals surface area contributed by atoms with Crippen LogP contribution in [0.3, 0.4) is 0 Å². The molecule has 0 aromatic heterocycles. The highest BCUT2D eigenvalue weighted by Gasteiger charge is 2.19. The van der Waals surface area contributed by atoms with Crippen molar-refractivity contribution in [3.8, 4) is 5.75 Å². The van der Waals surface area contributed by atoms with Crippen molar-refractivity contribution in [3.63, 3.8) is 0 Å². The molecule has 0 aliphatic rings. The Kier molecular flexibility index (Phi) is 5.49. The summed E-state index contributed by atoms with van der Waals surface area (Å²) in [4.78, 5) is 0.